The Bertz CT molecular complexity index is 410. The highest BCUT2D eigenvalue weighted by atomic mass is 32.1. The van der Waals surface area contributed by atoms with Crippen LogP contribution < -0.4 is 0 Å². The van der Waals surface area contributed by atoms with Crippen molar-refractivity contribution in [2.75, 3.05) is 0 Å². The summed E-state index contributed by atoms with van der Waals surface area (Å²) < 4.78 is 0. The summed E-state index contributed by atoms with van der Waals surface area (Å²) in [5, 5.41) is 18.9. The number of rotatable bonds is 3. The summed E-state index contributed by atoms with van der Waals surface area (Å²) in [6.45, 7) is 0. The standard InChI is InChI=1S/C10H7NO2S/c11-7-8(10(12)13)3-1-4-9-5-2-6-14-9/h1-6H,(H,12,13). The van der Waals surface area contributed by atoms with Crippen LogP contribution in [0.2, 0.25) is 0 Å². The molecule has 0 aliphatic rings. The number of thiophene rings is 1. The van der Waals surface area contributed by atoms with Crippen LogP contribution in [0.15, 0.2) is 35.2 Å². The van der Waals surface area contributed by atoms with E-state index in [1.54, 1.807) is 29.6 Å². The van der Waals surface area contributed by atoms with Crippen LogP contribution in [0.3, 0.4) is 0 Å². The molecule has 0 spiro atoms. The molecule has 1 heterocycles. The second-order valence-corrected chi connectivity index (χ2v) is 3.35. The minimum atomic E-state index is -1.21. The molecular formula is C10H7NO2S. The van der Waals surface area contributed by atoms with Crippen LogP contribution in [-0.2, 0) is 4.79 Å². The molecule has 1 rings (SSSR count). The lowest BCUT2D eigenvalue weighted by atomic mass is 10.2. The second-order valence-electron chi connectivity index (χ2n) is 2.37. The number of carbonyl (C=O) groups is 1. The molecule has 1 N–H and O–H groups in total. The molecule has 0 fully saturated rings. The largest absolute Gasteiger partial charge is 0.477 e. The molecule has 4 heteroatoms. The minimum absolute atomic E-state index is 0.266. The van der Waals surface area contributed by atoms with E-state index in [0.717, 1.165) is 4.88 Å². The van der Waals surface area contributed by atoms with Gasteiger partial charge >= 0.3 is 5.97 Å². The van der Waals surface area contributed by atoms with Crippen LogP contribution in [0.5, 0.6) is 0 Å². The van der Waals surface area contributed by atoms with Gasteiger partial charge < -0.3 is 5.11 Å². The number of carboxylic acid groups (broad SMARTS) is 1. The number of hydrogen-bond acceptors (Lipinski definition) is 3. The highest BCUT2D eigenvalue weighted by Gasteiger charge is 2.02. The summed E-state index contributed by atoms with van der Waals surface area (Å²) in [4.78, 5) is 11.4. The fraction of sp³-hybridized carbons (Fsp3) is 0. The van der Waals surface area contributed by atoms with Gasteiger partial charge in [0.2, 0.25) is 0 Å². The van der Waals surface area contributed by atoms with E-state index in [1.807, 2.05) is 17.5 Å². The molecule has 0 aromatic carbocycles. The zero-order valence-electron chi connectivity index (χ0n) is 7.18. The van der Waals surface area contributed by atoms with Crippen molar-refractivity contribution in [3.8, 4) is 6.07 Å². The summed E-state index contributed by atoms with van der Waals surface area (Å²) in [6.07, 6.45) is 4.59. The molecule has 3 nitrogen and oxygen atoms in total. The fourth-order valence-electron chi connectivity index (χ4n) is 0.782. The van der Waals surface area contributed by atoms with Crippen molar-refractivity contribution in [1.82, 2.24) is 0 Å². The summed E-state index contributed by atoms with van der Waals surface area (Å²) in [6, 6.07) is 5.40. The molecule has 0 aliphatic heterocycles. The van der Waals surface area contributed by atoms with Crippen LogP contribution in [-0.4, -0.2) is 11.1 Å². The molecule has 1 aromatic rings. The van der Waals surface area contributed by atoms with Crippen LogP contribution in [0.25, 0.3) is 6.08 Å². The first-order chi connectivity index (χ1) is 6.74. The first-order valence-electron chi connectivity index (χ1n) is 3.79. The van der Waals surface area contributed by atoms with Gasteiger partial charge in [-0.3, -0.25) is 0 Å². The second kappa shape index (κ2) is 5.00. The van der Waals surface area contributed by atoms with Crippen LogP contribution in [0.1, 0.15) is 4.88 Å². The van der Waals surface area contributed by atoms with E-state index < -0.39 is 5.97 Å². The highest BCUT2D eigenvalue weighted by Crippen LogP contribution is 2.10. The maximum absolute atomic E-state index is 10.4. The molecular weight excluding hydrogens is 198 g/mol. The zero-order chi connectivity index (χ0) is 10.4. The topological polar surface area (TPSA) is 61.1 Å². The van der Waals surface area contributed by atoms with Crippen LogP contribution >= 0.6 is 11.3 Å². The molecule has 14 heavy (non-hydrogen) atoms. The summed E-state index contributed by atoms with van der Waals surface area (Å²) >= 11 is 1.54. The van der Waals surface area contributed by atoms with E-state index in [2.05, 4.69) is 0 Å². The van der Waals surface area contributed by atoms with Gasteiger partial charge in [0.25, 0.3) is 0 Å². The normalized spacial score (nSPS) is 11.5. The molecule has 0 bridgehead atoms. The Hall–Kier alpha value is -1.86. The van der Waals surface area contributed by atoms with Gasteiger partial charge in [-0.1, -0.05) is 12.1 Å². The lowest BCUT2D eigenvalue weighted by Gasteiger charge is -1.84. The molecule has 0 radical (unpaired) electrons. The van der Waals surface area contributed by atoms with Gasteiger partial charge in [-0.25, -0.2) is 4.79 Å². The number of carboxylic acids is 1. The fourth-order valence-corrected chi connectivity index (χ4v) is 1.41. The maximum atomic E-state index is 10.4. The average molecular weight is 205 g/mol. The minimum Gasteiger partial charge on any atom is -0.477 e. The number of nitriles is 1. The third kappa shape index (κ3) is 2.88. The SMILES string of the molecule is N#CC(=CC=Cc1cccs1)C(=O)O. The molecule has 0 amide bonds. The number of nitrogens with zero attached hydrogens (tertiary/aromatic N) is 1. The lowest BCUT2D eigenvalue weighted by Crippen LogP contribution is -1.96. The molecule has 0 unspecified atom stereocenters. The summed E-state index contributed by atoms with van der Waals surface area (Å²) in [5.74, 6) is -1.21. The van der Waals surface area contributed by atoms with E-state index in [9.17, 15) is 4.79 Å². The van der Waals surface area contributed by atoms with Gasteiger partial charge in [-0.2, -0.15) is 5.26 Å². The van der Waals surface area contributed by atoms with E-state index in [0.29, 0.717) is 0 Å². The van der Waals surface area contributed by atoms with E-state index in [-0.39, 0.29) is 5.57 Å². The molecule has 0 atom stereocenters. The summed E-state index contributed by atoms with van der Waals surface area (Å²) in [5.41, 5.74) is -0.266. The number of allylic oxidation sites excluding steroid dienone is 2. The molecule has 70 valence electrons. The average Bonchev–Trinajstić information content (AvgIpc) is 2.64. The highest BCUT2D eigenvalue weighted by molar-refractivity contribution is 7.10. The van der Waals surface area contributed by atoms with Crippen molar-refractivity contribution in [1.29, 1.82) is 5.26 Å². The molecule has 0 saturated carbocycles. The van der Waals surface area contributed by atoms with Crippen molar-refractivity contribution in [3.63, 3.8) is 0 Å². The predicted molar refractivity (Wildman–Crippen MR) is 54.7 cm³/mol. The Balaban J connectivity index is 2.71. The third-order valence-electron chi connectivity index (χ3n) is 1.42. The van der Waals surface area contributed by atoms with E-state index in [4.69, 9.17) is 10.4 Å². The lowest BCUT2D eigenvalue weighted by molar-refractivity contribution is -0.132. The summed E-state index contributed by atoms with van der Waals surface area (Å²) in [7, 11) is 0. The zero-order valence-corrected chi connectivity index (χ0v) is 7.99. The van der Waals surface area contributed by atoms with Gasteiger partial charge in [-0.05, 0) is 23.6 Å². The first kappa shape index (κ1) is 10.2. The molecule has 0 saturated heterocycles. The predicted octanol–water partition coefficient (Wildman–Crippen LogP) is 2.30. The monoisotopic (exact) mass is 205 g/mol. The van der Waals surface area contributed by atoms with Gasteiger partial charge in [0.15, 0.2) is 0 Å². The van der Waals surface area contributed by atoms with Gasteiger partial charge in [0.1, 0.15) is 11.6 Å². The maximum Gasteiger partial charge on any atom is 0.346 e. The smallest absolute Gasteiger partial charge is 0.346 e. The quantitative estimate of drug-likeness (QED) is 0.468. The van der Waals surface area contributed by atoms with E-state index >= 15 is 0 Å². The molecule has 1 aromatic heterocycles. The van der Waals surface area contributed by atoms with Crippen molar-refractivity contribution in [2.45, 2.75) is 0 Å². The van der Waals surface area contributed by atoms with Crippen molar-refractivity contribution in [2.24, 2.45) is 0 Å². The van der Waals surface area contributed by atoms with Crippen molar-refractivity contribution >= 4 is 23.4 Å². The molecule has 0 aliphatic carbocycles. The number of aliphatic carboxylic acids is 1. The van der Waals surface area contributed by atoms with Gasteiger partial charge in [0.05, 0.1) is 0 Å². The van der Waals surface area contributed by atoms with Crippen LogP contribution in [0, 0.1) is 11.3 Å². The third-order valence-corrected chi connectivity index (χ3v) is 2.25. The number of hydrogen-bond donors (Lipinski definition) is 1. The van der Waals surface area contributed by atoms with Crippen molar-refractivity contribution < 1.29 is 9.90 Å². The Morgan fingerprint density at radius 2 is 2.43 bits per heavy atom. The van der Waals surface area contributed by atoms with Crippen molar-refractivity contribution in [3.05, 3.63) is 40.1 Å². The van der Waals surface area contributed by atoms with Gasteiger partial charge in [0, 0.05) is 4.88 Å². The van der Waals surface area contributed by atoms with Gasteiger partial charge in [-0.15, -0.1) is 11.3 Å². The first-order valence-corrected chi connectivity index (χ1v) is 4.67. The Morgan fingerprint density at radius 3 is 2.93 bits per heavy atom. The van der Waals surface area contributed by atoms with Crippen LogP contribution in [0.4, 0.5) is 0 Å². The van der Waals surface area contributed by atoms with E-state index in [1.165, 1.54) is 6.08 Å². The Morgan fingerprint density at radius 1 is 1.64 bits per heavy atom. The Labute approximate surface area is 85.2 Å². The Kier molecular flexibility index (Phi) is 3.65.